The summed E-state index contributed by atoms with van der Waals surface area (Å²) in [7, 11) is 0. The van der Waals surface area contributed by atoms with Gasteiger partial charge in [-0.05, 0) is 31.9 Å². The maximum atomic E-state index is 13.0. The third kappa shape index (κ3) is 4.06. The molecule has 12 heteroatoms. The summed E-state index contributed by atoms with van der Waals surface area (Å²) in [5.41, 5.74) is 0.318. The van der Waals surface area contributed by atoms with Gasteiger partial charge in [0.15, 0.2) is 5.65 Å². The Morgan fingerprint density at radius 1 is 1.09 bits per heavy atom. The molecule has 0 atom stereocenters. The van der Waals surface area contributed by atoms with E-state index in [9.17, 15) is 22.0 Å². The predicted molar refractivity (Wildman–Crippen MR) is 111 cm³/mol. The predicted octanol–water partition coefficient (Wildman–Crippen LogP) is 3.92. The molecule has 0 N–H and O–H groups in total. The molecule has 33 heavy (non-hydrogen) atoms. The number of hydrogen-bond donors (Lipinski definition) is 0. The van der Waals surface area contributed by atoms with Crippen LogP contribution in [-0.4, -0.2) is 57.3 Å². The molecule has 2 aliphatic heterocycles. The number of anilines is 2. The van der Waals surface area contributed by atoms with Gasteiger partial charge in [0.25, 0.3) is 6.43 Å². The summed E-state index contributed by atoms with van der Waals surface area (Å²) >= 11 is 0. The molecule has 5 rings (SSSR count). The Morgan fingerprint density at radius 2 is 1.82 bits per heavy atom. The van der Waals surface area contributed by atoms with Crippen LogP contribution in [-0.2, 0) is 12.7 Å². The number of pyridine rings is 1. The van der Waals surface area contributed by atoms with Crippen LogP contribution < -0.4 is 9.80 Å². The van der Waals surface area contributed by atoms with Crippen LogP contribution in [0.15, 0.2) is 24.5 Å². The molecule has 0 aliphatic carbocycles. The topological polar surface area (TPSA) is 63.0 Å². The molecule has 3 aromatic rings. The lowest BCUT2D eigenvalue weighted by atomic mass is 9.72. The Kier molecular flexibility index (Phi) is 5.13. The van der Waals surface area contributed by atoms with E-state index in [2.05, 4.69) is 20.1 Å². The summed E-state index contributed by atoms with van der Waals surface area (Å²) in [6, 6.07) is 2.07. The fraction of sp³-hybridized carbons (Fsp3) is 0.524. The average Bonchev–Trinajstić information content (AvgIpc) is 3.05. The SMILES string of the molecule is Cc1nn(CC(F)F)c2nc(N3CCC4(CC3)CN(c3cc(C(F)(F)F)ccn3)C4)ncc12. The summed E-state index contributed by atoms with van der Waals surface area (Å²) in [6.07, 6.45) is -2.45. The van der Waals surface area contributed by atoms with E-state index >= 15 is 0 Å². The molecule has 2 aliphatic rings. The molecule has 2 saturated heterocycles. The van der Waals surface area contributed by atoms with Gasteiger partial charge in [0.2, 0.25) is 5.95 Å². The number of aromatic nitrogens is 5. The minimum atomic E-state index is -4.39. The number of nitrogens with zero attached hydrogens (tertiary/aromatic N) is 7. The van der Waals surface area contributed by atoms with Gasteiger partial charge in [0.05, 0.1) is 16.6 Å². The second-order valence-corrected chi connectivity index (χ2v) is 8.81. The van der Waals surface area contributed by atoms with Crippen molar-refractivity contribution in [3.63, 3.8) is 0 Å². The maximum absolute atomic E-state index is 13.0. The maximum Gasteiger partial charge on any atom is 0.416 e. The number of fused-ring (bicyclic) bond motifs is 1. The van der Waals surface area contributed by atoms with Crippen LogP contribution in [0, 0.1) is 12.3 Å². The van der Waals surface area contributed by atoms with Crippen LogP contribution in [0.3, 0.4) is 0 Å². The standard InChI is InChI=1S/C21H22F5N7/c1-13-15-9-28-19(29-18(15)33(30-13)10-16(22)23)31-6-3-20(4-7-31)11-32(12-20)17-8-14(2-5-27-17)21(24,25)26/h2,5,8-9,16H,3-4,6-7,10-12H2,1H3. The first-order chi connectivity index (χ1) is 15.6. The lowest BCUT2D eigenvalue weighted by Crippen LogP contribution is -2.61. The smallest absolute Gasteiger partial charge is 0.355 e. The molecule has 0 amide bonds. The Balaban J connectivity index is 1.25. The number of hydrogen-bond acceptors (Lipinski definition) is 6. The van der Waals surface area contributed by atoms with E-state index in [4.69, 9.17) is 0 Å². The lowest BCUT2D eigenvalue weighted by Gasteiger charge is -2.54. The van der Waals surface area contributed by atoms with Crippen molar-refractivity contribution >= 4 is 22.8 Å². The minimum Gasteiger partial charge on any atom is -0.355 e. The fourth-order valence-electron chi connectivity index (χ4n) is 4.70. The van der Waals surface area contributed by atoms with Gasteiger partial charge in [-0.15, -0.1) is 0 Å². The van der Waals surface area contributed by atoms with Crippen LogP contribution in [0.2, 0.25) is 0 Å². The minimum absolute atomic E-state index is 0.0184. The third-order valence-electron chi connectivity index (χ3n) is 6.53. The van der Waals surface area contributed by atoms with E-state index in [1.807, 2.05) is 9.80 Å². The zero-order valence-corrected chi connectivity index (χ0v) is 17.9. The molecule has 3 aromatic heterocycles. The van der Waals surface area contributed by atoms with Crippen molar-refractivity contribution in [2.75, 3.05) is 36.0 Å². The molecule has 1 spiro atoms. The molecule has 7 nitrogen and oxygen atoms in total. The van der Waals surface area contributed by atoms with E-state index in [1.54, 1.807) is 13.1 Å². The van der Waals surface area contributed by atoms with Crippen molar-refractivity contribution in [2.45, 2.75) is 38.9 Å². The molecule has 176 valence electrons. The Labute approximate surface area is 186 Å². The summed E-state index contributed by atoms with van der Waals surface area (Å²) in [6.45, 7) is 3.86. The molecule has 0 radical (unpaired) electrons. The van der Waals surface area contributed by atoms with Crippen LogP contribution in [0.1, 0.15) is 24.1 Å². The Hall–Kier alpha value is -3.05. The van der Waals surface area contributed by atoms with Gasteiger partial charge in [0, 0.05) is 44.0 Å². The van der Waals surface area contributed by atoms with Gasteiger partial charge >= 0.3 is 6.18 Å². The first kappa shape index (κ1) is 21.8. The third-order valence-corrected chi connectivity index (χ3v) is 6.53. The Morgan fingerprint density at radius 3 is 2.48 bits per heavy atom. The molecular weight excluding hydrogens is 445 g/mol. The first-order valence-electron chi connectivity index (χ1n) is 10.7. The molecule has 0 saturated carbocycles. The van der Waals surface area contributed by atoms with E-state index < -0.39 is 24.7 Å². The van der Waals surface area contributed by atoms with Crippen molar-refractivity contribution in [1.82, 2.24) is 24.7 Å². The van der Waals surface area contributed by atoms with Crippen LogP contribution >= 0.6 is 0 Å². The van der Waals surface area contributed by atoms with E-state index in [1.165, 1.54) is 10.9 Å². The number of piperidine rings is 1. The molecule has 0 bridgehead atoms. The normalized spacial score (nSPS) is 18.4. The lowest BCUT2D eigenvalue weighted by molar-refractivity contribution is -0.137. The molecule has 0 unspecified atom stereocenters. The van der Waals surface area contributed by atoms with Gasteiger partial charge in [-0.2, -0.15) is 23.3 Å². The molecular formula is C21H22F5N7. The number of halogens is 5. The van der Waals surface area contributed by atoms with Crippen molar-refractivity contribution in [1.29, 1.82) is 0 Å². The molecule has 2 fully saturated rings. The van der Waals surface area contributed by atoms with Gasteiger partial charge < -0.3 is 9.80 Å². The summed E-state index contributed by atoms with van der Waals surface area (Å²) in [5.74, 6) is 0.817. The first-order valence-corrected chi connectivity index (χ1v) is 10.7. The summed E-state index contributed by atoms with van der Waals surface area (Å²) < 4.78 is 66.0. The van der Waals surface area contributed by atoms with Gasteiger partial charge in [0.1, 0.15) is 12.4 Å². The highest BCUT2D eigenvalue weighted by molar-refractivity contribution is 5.78. The highest BCUT2D eigenvalue weighted by Crippen LogP contribution is 2.43. The highest BCUT2D eigenvalue weighted by atomic mass is 19.4. The van der Waals surface area contributed by atoms with E-state index in [0.29, 0.717) is 54.7 Å². The fourth-order valence-corrected chi connectivity index (χ4v) is 4.70. The van der Waals surface area contributed by atoms with E-state index in [-0.39, 0.29) is 5.41 Å². The van der Waals surface area contributed by atoms with Crippen molar-refractivity contribution in [3.05, 3.63) is 35.8 Å². The Bertz CT molecular complexity index is 1160. The van der Waals surface area contributed by atoms with Crippen LogP contribution in [0.25, 0.3) is 11.0 Å². The zero-order chi connectivity index (χ0) is 23.4. The van der Waals surface area contributed by atoms with E-state index in [0.717, 1.165) is 25.0 Å². The quantitative estimate of drug-likeness (QED) is 0.542. The molecule has 5 heterocycles. The van der Waals surface area contributed by atoms with Gasteiger partial charge in [-0.25, -0.2) is 23.4 Å². The second-order valence-electron chi connectivity index (χ2n) is 8.81. The number of aryl methyl sites for hydroxylation is 1. The van der Waals surface area contributed by atoms with Gasteiger partial charge in [-0.3, -0.25) is 0 Å². The molecule has 0 aromatic carbocycles. The largest absolute Gasteiger partial charge is 0.416 e. The number of rotatable bonds is 4. The summed E-state index contributed by atoms with van der Waals surface area (Å²) in [4.78, 5) is 16.9. The van der Waals surface area contributed by atoms with Crippen molar-refractivity contribution in [2.24, 2.45) is 5.41 Å². The van der Waals surface area contributed by atoms with Gasteiger partial charge in [-0.1, -0.05) is 0 Å². The number of alkyl halides is 5. The zero-order valence-electron chi connectivity index (χ0n) is 17.9. The average molecular weight is 467 g/mol. The highest BCUT2D eigenvalue weighted by Gasteiger charge is 2.46. The van der Waals surface area contributed by atoms with Crippen LogP contribution in [0.4, 0.5) is 33.7 Å². The van der Waals surface area contributed by atoms with Crippen LogP contribution in [0.5, 0.6) is 0 Å². The van der Waals surface area contributed by atoms with Crippen molar-refractivity contribution < 1.29 is 22.0 Å². The monoisotopic (exact) mass is 467 g/mol. The van der Waals surface area contributed by atoms with Crippen molar-refractivity contribution in [3.8, 4) is 0 Å². The summed E-state index contributed by atoms with van der Waals surface area (Å²) in [5, 5.41) is 4.80. The second kappa shape index (κ2) is 7.77.